The molecule has 0 aliphatic carbocycles. The molecule has 3 rings (SSSR count). The number of hydrazone groups is 1. The number of carbonyl (C=O) groups is 1. The van der Waals surface area contributed by atoms with Gasteiger partial charge >= 0.3 is 6.18 Å². The summed E-state index contributed by atoms with van der Waals surface area (Å²) >= 11 is 0. The minimum Gasteiger partial charge on any atom is -0.494 e. The number of aryl methyl sites for hydroxylation is 2. The molecule has 0 fully saturated rings. The molecule has 9 heteroatoms. The topological polar surface area (TPSA) is 86.8 Å². The molecule has 0 aliphatic heterocycles. The van der Waals surface area contributed by atoms with Crippen LogP contribution in [0, 0.1) is 13.8 Å². The van der Waals surface area contributed by atoms with Crippen LogP contribution in [0.1, 0.15) is 48.4 Å². The Hall–Kier alpha value is -3.33. The molecule has 0 unspecified atom stereocenters. The number of hydrogen-bond acceptors (Lipinski definition) is 4. The van der Waals surface area contributed by atoms with Crippen molar-refractivity contribution >= 4 is 22.5 Å². The molecule has 0 radical (unpaired) electrons. The summed E-state index contributed by atoms with van der Waals surface area (Å²) in [5.41, 5.74) is 4.51. The summed E-state index contributed by atoms with van der Waals surface area (Å²) in [7, 11) is 0. The van der Waals surface area contributed by atoms with Crippen LogP contribution in [0.3, 0.4) is 0 Å². The first kappa shape index (κ1) is 24.3. The molecule has 0 saturated carbocycles. The van der Waals surface area contributed by atoms with Gasteiger partial charge in [0.05, 0.1) is 22.4 Å². The number of hydrogen-bond donors (Lipinski definition) is 3. The average Bonchev–Trinajstić information content (AvgIpc) is 3.02. The number of aromatic nitrogens is 1. The maximum Gasteiger partial charge on any atom is 0.416 e. The summed E-state index contributed by atoms with van der Waals surface area (Å²) in [6.07, 6.45) is -3.40. The van der Waals surface area contributed by atoms with Crippen molar-refractivity contribution in [2.24, 2.45) is 5.10 Å². The van der Waals surface area contributed by atoms with Gasteiger partial charge in [0.15, 0.2) is 0 Å². The van der Waals surface area contributed by atoms with Crippen LogP contribution in [-0.4, -0.2) is 33.0 Å². The summed E-state index contributed by atoms with van der Waals surface area (Å²) < 4.78 is 41.6. The predicted molar refractivity (Wildman–Crippen MR) is 121 cm³/mol. The number of aliphatic hydroxyl groups is 1. The van der Waals surface area contributed by atoms with E-state index >= 15 is 0 Å². The van der Waals surface area contributed by atoms with E-state index in [4.69, 9.17) is 5.11 Å². The lowest BCUT2D eigenvalue weighted by Gasteiger charge is -2.11. The molecule has 0 saturated heterocycles. The van der Waals surface area contributed by atoms with Gasteiger partial charge in [0.2, 0.25) is 11.8 Å². The molecule has 0 bridgehead atoms. The number of fused-ring (bicyclic) bond motifs is 1. The molecular formula is C24H26F3N3O3. The van der Waals surface area contributed by atoms with Crippen LogP contribution in [0.4, 0.5) is 13.2 Å². The summed E-state index contributed by atoms with van der Waals surface area (Å²) in [6.45, 7) is 5.27. The third-order valence-electron chi connectivity index (χ3n) is 5.26. The quantitative estimate of drug-likeness (QED) is 0.264. The lowest BCUT2D eigenvalue weighted by molar-refractivity contribution is -0.137. The van der Waals surface area contributed by atoms with Crippen LogP contribution >= 0.6 is 0 Å². The van der Waals surface area contributed by atoms with E-state index in [0.717, 1.165) is 23.3 Å². The minimum atomic E-state index is -4.55. The van der Waals surface area contributed by atoms with Crippen molar-refractivity contribution in [1.82, 2.24) is 9.99 Å². The molecule has 3 N–H and O–H groups in total. The molecule has 0 atom stereocenters. The monoisotopic (exact) mass is 461 g/mol. The van der Waals surface area contributed by atoms with Gasteiger partial charge in [-0.1, -0.05) is 12.1 Å². The fourth-order valence-electron chi connectivity index (χ4n) is 3.80. The Morgan fingerprint density at radius 2 is 1.76 bits per heavy atom. The number of rotatable bonds is 7. The van der Waals surface area contributed by atoms with E-state index in [-0.39, 0.29) is 41.6 Å². The van der Waals surface area contributed by atoms with Gasteiger partial charge in [-0.05, 0) is 69.0 Å². The van der Waals surface area contributed by atoms with Crippen molar-refractivity contribution in [2.45, 2.75) is 46.2 Å². The highest BCUT2D eigenvalue weighted by Crippen LogP contribution is 2.39. The van der Waals surface area contributed by atoms with Crippen LogP contribution in [0.5, 0.6) is 5.88 Å². The number of aromatic hydroxyl groups is 1. The van der Waals surface area contributed by atoms with Gasteiger partial charge in [-0.2, -0.15) is 18.3 Å². The molecule has 33 heavy (non-hydrogen) atoms. The second-order valence-electron chi connectivity index (χ2n) is 8.02. The van der Waals surface area contributed by atoms with Crippen LogP contribution < -0.4 is 5.43 Å². The molecule has 1 amide bonds. The Balaban J connectivity index is 2.15. The van der Waals surface area contributed by atoms with Crippen molar-refractivity contribution < 1.29 is 28.2 Å². The highest BCUT2D eigenvalue weighted by atomic mass is 19.4. The number of unbranched alkanes of at least 4 members (excludes halogenated alkanes) is 1. The number of nitrogens with zero attached hydrogens (tertiary/aromatic N) is 2. The van der Waals surface area contributed by atoms with E-state index in [9.17, 15) is 23.1 Å². The number of amides is 1. The Morgan fingerprint density at radius 3 is 2.36 bits per heavy atom. The third kappa shape index (κ3) is 5.36. The van der Waals surface area contributed by atoms with Crippen LogP contribution in [0.25, 0.3) is 16.6 Å². The van der Waals surface area contributed by atoms with E-state index in [1.54, 1.807) is 19.1 Å². The Labute approximate surface area is 189 Å². The van der Waals surface area contributed by atoms with Crippen LogP contribution in [0.15, 0.2) is 41.5 Å². The molecule has 0 aliphatic rings. The lowest BCUT2D eigenvalue weighted by atomic mass is 10.1. The molecule has 0 spiro atoms. The molecule has 1 heterocycles. The number of alkyl halides is 3. The Morgan fingerprint density at radius 1 is 1.09 bits per heavy atom. The number of benzene rings is 2. The van der Waals surface area contributed by atoms with E-state index in [2.05, 4.69) is 10.5 Å². The van der Waals surface area contributed by atoms with Crippen LogP contribution in [0.2, 0.25) is 0 Å². The first-order valence-electron chi connectivity index (χ1n) is 10.5. The molecule has 1 aromatic heterocycles. The normalized spacial score (nSPS) is 12.4. The molecular weight excluding hydrogens is 435 g/mol. The maximum atomic E-state index is 13.4. The van der Waals surface area contributed by atoms with Gasteiger partial charge in [0.25, 0.3) is 0 Å². The smallest absolute Gasteiger partial charge is 0.416 e. The molecule has 176 valence electrons. The van der Waals surface area contributed by atoms with Gasteiger partial charge in [-0.15, -0.1) is 0 Å². The molecule has 2 aromatic carbocycles. The largest absolute Gasteiger partial charge is 0.494 e. The van der Waals surface area contributed by atoms with Crippen molar-refractivity contribution in [3.63, 3.8) is 0 Å². The van der Waals surface area contributed by atoms with Gasteiger partial charge in [0, 0.05) is 24.1 Å². The van der Waals surface area contributed by atoms with Crippen molar-refractivity contribution in [3.05, 3.63) is 58.7 Å². The zero-order chi connectivity index (χ0) is 24.3. The fraction of sp³-hybridized carbons (Fsp3) is 0.333. The van der Waals surface area contributed by atoms with Crippen molar-refractivity contribution in [1.29, 1.82) is 0 Å². The standard InChI is InChI=1S/C24H26F3N3O3/c1-14-10-15(2)12-18(11-14)30-20-13-17(24(25,26)27)7-8-19(20)22(23(30)33)16(3)28-29-21(32)6-4-5-9-31/h7-8,10-13,31,33H,4-6,9H2,1-3H3,(H,29,32)/b28-16+. The SMILES string of the molecule is C/C(=N\NC(=O)CCCCO)c1c(O)n(-c2cc(C)cc(C)c2)c2cc(C(F)(F)F)ccc12. The minimum absolute atomic E-state index is 0.0126. The van der Waals surface area contributed by atoms with Gasteiger partial charge in [-0.3, -0.25) is 9.36 Å². The fourth-order valence-corrected chi connectivity index (χ4v) is 3.80. The zero-order valence-corrected chi connectivity index (χ0v) is 18.6. The van der Waals surface area contributed by atoms with E-state index in [1.807, 2.05) is 19.9 Å². The Bertz CT molecular complexity index is 1190. The highest BCUT2D eigenvalue weighted by Gasteiger charge is 2.32. The predicted octanol–water partition coefficient (Wildman–Crippen LogP) is 4.97. The van der Waals surface area contributed by atoms with Gasteiger partial charge < -0.3 is 10.2 Å². The third-order valence-corrected chi connectivity index (χ3v) is 5.26. The van der Waals surface area contributed by atoms with E-state index in [1.165, 1.54) is 10.6 Å². The second-order valence-corrected chi connectivity index (χ2v) is 8.02. The number of aliphatic hydroxyl groups excluding tert-OH is 1. The van der Waals surface area contributed by atoms with Gasteiger partial charge in [-0.25, -0.2) is 5.43 Å². The average molecular weight is 461 g/mol. The first-order chi connectivity index (χ1) is 15.5. The number of halogens is 3. The molecule has 3 aromatic rings. The molecule has 6 nitrogen and oxygen atoms in total. The number of carbonyl (C=O) groups excluding carboxylic acids is 1. The summed E-state index contributed by atoms with van der Waals surface area (Å²) in [4.78, 5) is 12.0. The first-order valence-corrected chi connectivity index (χ1v) is 10.5. The second kappa shape index (κ2) is 9.66. The zero-order valence-electron chi connectivity index (χ0n) is 18.6. The van der Waals surface area contributed by atoms with E-state index in [0.29, 0.717) is 23.9 Å². The van der Waals surface area contributed by atoms with Gasteiger partial charge in [0.1, 0.15) is 0 Å². The van der Waals surface area contributed by atoms with E-state index < -0.39 is 11.7 Å². The van der Waals surface area contributed by atoms with Crippen LogP contribution in [-0.2, 0) is 11.0 Å². The Kier molecular flexibility index (Phi) is 7.12. The highest BCUT2D eigenvalue weighted by molar-refractivity contribution is 6.13. The summed E-state index contributed by atoms with van der Waals surface area (Å²) in [5, 5.41) is 24.4. The maximum absolute atomic E-state index is 13.4. The van der Waals surface area contributed by atoms with Crippen molar-refractivity contribution in [2.75, 3.05) is 6.61 Å². The lowest BCUT2D eigenvalue weighted by Crippen LogP contribution is -2.19. The number of nitrogens with one attached hydrogen (secondary N) is 1. The summed E-state index contributed by atoms with van der Waals surface area (Å²) in [6, 6.07) is 8.72. The van der Waals surface area contributed by atoms with Crippen molar-refractivity contribution in [3.8, 4) is 11.6 Å². The summed E-state index contributed by atoms with van der Waals surface area (Å²) in [5.74, 6) is -0.634.